The molecule has 0 aliphatic carbocycles. The highest BCUT2D eigenvalue weighted by Crippen LogP contribution is 2.38. The molecule has 0 spiro atoms. The van der Waals surface area contributed by atoms with Crippen LogP contribution in [-0.4, -0.2) is 64.0 Å². The van der Waals surface area contributed by atoms with Crippen molar-refractivity contribution in [3.8, 4) is 17.2 Å². The lowest BCUT2D eigenvalue weighted by atomic mass is 10.0. The zero-order valence-corrected chi connectivity index (χ0v) is 15.9. The van der Waals surface area contributed by atoms with Crippen LogP contribution in [0, 0.1) is 0 Å². The fourth-order valence-corrected chi connectivity index (χ4v) is 2.91. The fraction of sp³-hybridized carbons (Fsp3) is 0.474. The predicted octanol–water partition coefficient (Wildman–Crippen LogP) is 2.23. The highest BCUT2D eigenvalue weighted by molar-refractivity contribution is 5.95. The molecule has 2 amide bonds. The van der Waals surface area contributed by atoms with Gasteiger partial charge in [-0.1, -0.05) is 12.7 Å². The van der Waals surface area contributed by atoms with Crippen molar-refractivity contribution in [1.82, 2.24) is 10.2 Å². The summed E-state index contributed by atoms with van der Waals surface area (Å²) in [4.78, 5) is 26.1. The average molecular weight is 378 g/mol. The molecule has 1 heterocycles. The van der Waals surface area contributed by atoms with Crippen LogP contribution in [0.25, 0.3) is 0 Å². The first-order chi connectivity index (χ1) is 13.0. The van der Waals surface area contributed by atoms with Crippen LogP contribution in [-0.2, 0) is 4.74 Å². The van der Waals surface area contributed by atoms with Crippen LogP contribution in [0.5, 0.6) is 17.2 Å². The van der Waals surface area contributed by atoms with Gasteiger partial charge in [0.05, 0.1) is 21.3 Å². The molecule has 8 nitrogen and oxygen atoms in total. The van der Waals surface area contributed by atoms with Crippen LogP contribution in [0.1, 0.15) is 23.2 Å². The lowest BCUT2D eigenvalue weighted by Crippen LogP contribution is -2.46. The summed E-state index contributed by atoms with van der Waals surface area (Å²) < 4.78 is 20.9. The van der Waals surface area contributed by atoms with Crippen molar-refractivity contribution in [3.05, 3.63) is 30.4 Å². The normalized spacial score (nSPS) is 14.3. The third-order valence-corrected chi connectivity index (χ3v) is 4.34. The van der Waals surface area contributed by atoms with Crippen LogP contribution in [0.3, 0.4) is 0 Å². The number of carbonyl (C=O) groups excluding carboxylic acids is 2. The zero-order chi connectivity index (χ0) is 19.8. The zero-order valence-electron chi connectivity index (χ0n) is 15.9. The number of piperidine rings is 1. The van der Waals surface area contributed by atoms with E-state index in [0.29, 0.717) is 48.7 Å². The molecule has 1 fully saturated rings. The highest BCUT2D eigenvalue weighted by Gasteiger charge is 2.25. The molecule has 1 aromatic rings. The van der Waals surface area contributed by atoms with Crippen molar-refractivity contribution in [3.63, 3.8) is 0 Å². The molecule has 2 rings (SSSR count). The number of rotatable bonds is 7. The largest absolute Gasteiger partial charge is 0.493 e. The van der Waals surface area contributed by atoms with Crippen LogP contribution < -0.4 is 19.5 Å². The number of carbonyl (C=O) groups is 2. The van der Waals surface area contributed by atoms with Crippen molar-refractivity contribution in [1.29, 1.82) is 0 Å². The van der Waals surface area contributed by atoms with Gasteiger partial charge in [0.1, 0.15) is 6.61 Å². The molecular formula is C19H26N2O6. The molecule has 0 atom stereocenters. The molecule has 0 radical (unpaired) electrons. The van der Waals surface area contributed by atoms with Gasteiger partial charge >= 0.3 is 6.09 Å². The second-order valence-electron chi connectivity index (χ2n) is 6.01. The van der Waals surface area contributed by atoms with Crippen LogP contribution in [0.4, 0.5) is 4.79 Å². The van der Waals surface area contributed by atoms with Gasteiger partial charge in [-0.05, 0) is 25.0 Å². The van der Waals surface area contributed by atoms with Crippen molar-refractivity contribution < 1.29 is 28.5 Å². The maximum absolute atomic E-state index is 12.6. The summed E-state index contributed by atoms with van der Waals surface area (Å²) in [6.07, 6.45) is 2.48. The lowest BCUT2D eigenvalue weighted by Gasteiger charge is -2.31. The van der Waals surface area contributed by atoms with Crippen molar-refractivity contribution in [2.45, 2.75) is 18.9 Å². The first-order valence-electron chi connectivity index (χ1n) is 8.67. The molecule has 1 saturated heterocycles. The number of methoxy groups -OCH3 is 3. The monoisotopic (exact) mass is 378 g/mol. The summed E-state index contributed by atoms with van der Waals surface area (Å²) in [5.41, 5.74) is 0.414. The third kappa shape index (κ3) is 5.06. The summed E-state index contributed by atoms with van der Waals surface area (Å²) in [5, 5.41) is 2.99. The van der Waals surface area contributed by atoms with Gasteiger partial charge in [-0.3, -0.25) is 4.79 Å². The van der Waals surface area contributed by atoms with Gasteiger partial charge in [0, 0.05) is 24.7 Å². The maximum Gasteiger partial charge on any atom is 0.410 e. The van der Waals surface area contributed by atoms with Gasteiger partial charge in [0.2, 0.25) is 5.75 Å². The Labute approximate surface area is 159 Å². The Morgan fingerprint density at radius 2 is 1.74 bits per heavy atom. The molecule has 1 aromatic carbocycles. The SMILES string of the molecule is C=CCOC(=O)N1CCC(NC(=O)c2cc(OC)c(OC)c(OC)c2)CC1. The molecule has 0 aromatic heterocycles. The van der Waals surface area contributed by atoms with E-state index in [1.54, 1.807) is 17.0 Å². The van der Waals surface area contributed by atoms with E-state index in [1.807, 2.05) is 0 Å². The second kappa shape index (κ2) is 9.70. The summed E-state index contributed by atoms with van der Waals surface area (Å²) >= 11 is 0. The Kier molecular flexibility index (Phi) is 7.34. The number of hydrogen-bond donors (Lipinski definition) is 1. The highest BCUT2D eigenvalue weighted by atomic mass is 16.6. The van der Waals surface area contributed by atoms with Gasteiger partial charge in [-0.15, -0.1) is 0 Å². The first-order valence-corrected chi connectivity index (χ1v) is 8.67. The van der Waals surface area contributed by atoms with Crippen LogP contribution in [0.2, 0.25) is 0 Å². The summed E-state index contributed by atoms with van der Waals surface area (Å²) in [6.45, 7) is 4.76. The van der Waals surface area contributed by atoms with Crippen LogP contribution in [0.15, 0.2) is 24.8 Å². The smallest absolute Gasteiger partial charge is 0.410 e. The van der Waals surface area contributed by atoms with E-state index in [4.69, 9.17) is 18.9 Å². The Bertz CT molecular complexity index is 658. The standard InChI is InChI=1S/C19H26N2O6/c1-5-10-27-19(23)21-8-6-14(7-9-21)20-18(22)13-11-15(24-2)17(26-4)16(12-13)25-3/h5,11-12,14H,1,6-10H2,2-4H3,(H,20,22). The van der Waals surface area contributed by atoms with E-state index in [2.05, 4.69) is 11.9 Å². The number of likely N-dealkylation sites (tertiary alicyclic amines) is 1. The molecule has 0 bridgehead atoms. The molecule has 27 heavy (non-hydrogen) atoms. The van der Waals surface area contributed by atoms with Crippen molar-refractivity contribution in [2.75, 3.05) is 41.0 Å². The van der Waals surface area contributed by atoms with E-state index in [-0.39, 0.29) is 24.6 Å². The molecule has 0 unspecified atom stereocenters. The minimum atomic E-state index is -0.357. The maximum atomic E-state index is 12.6. The van der Waals surface area contributed by atoms with Crippen LogP contribution >= 0.6 is 0 Å². The molecule has 0 saturated carbocycles. The van der Waals surface area contributed by atoms with E-state index in [9.17, 15) is 9.59 Å². The minimum Gasteiger partial charge on any atom is -0.493 e. The van der Waals surface area contributed by atoms with Gasteiger partial charge < -0.3 is 29.2 Å². The van der Waals surface area contributed by atoms with Gasteiger partial charge in [-0.25, -0.2) is 4.79 Å². The summed E-state index contributed by atoms with van der Waals surface area (Å²) in [7, 11) is 4.51. The number of nitrogens with one attached hydrogen (secondary N) is 1. The number of nitrogens with zero attached hydrogens (tertiary/aromatic N) is 1. The molecule has 1 N–H and O–H groups in total. The molecular weight excluding hydrogens is 352 g/mol. The Morgan fingerprint density at radius 3 is 2.22 bits per heavy atom. The summed E-state index contributed by atoms with van der Waals surface area (Å²) in [5.74, 6) is 1.04. The minimum absolute atomic E-state index is 0.0277. The second-order valence-corrected chi connectivity index (χ2v) is 6.01. The Hall–Kier alpha value is -2.90. The Morgan fingerprint density at radius 1 is 1.15 bits per heavy atom. The van der Waals surface area contributed by atoms with Gasteiger partial charge in [-0.2, -0.15) is 0 Å². The van der Waals surface area contributed by atoms with Crippen molar-refractivity contribution in [2.24, 2.45) is 0 Å². The molecule has 8 heteroatoms. The quantitative estimate of drug-likeness (QED) is 0.732. The third-order valence-electron chi connectivity index (χ3n) is 4.34. The van der Waals surface area contributed by atoms with E-state index in [0.717, 1.165) is 0 Å². The number of amides is 2. The number of hydrogen-bond acceptors (Lipinski definition) is 6. The molecule has 148 valence electrons. The topological polar surface area (TPSA) is 86.3 Å². The number of ether oxygens (including phenoxy) is 4. The molecule has 1 aliphatic rings. The van der Waals surface area contributed by atoms with Crippen molar-refractivity contribution >= 4 is 12.0 Å². The fourth-order valence-electron chi connectivity index (χ4n) is 2.91. The molecule has 1 aliphatic heterocycles. The van der Waals surface area contributed by atoms with E-state index in [1.165, 1.54) is 27.4 Å². The summed E-state index contributed by atoms with van der Waals surface area (Å²) in [6, 6.07) is 3.19. The first kappa shape index (κ1) is 20.4. The van der Waals surface area contributed by atoms with Gasteiger partial charge in [0.25, 0.3) is 5.91 Å². The lowest BCUT2D eigenvalue weighted by molar-refractivity contribution is 0.0873. The van der Waals surface area contributed by atoms with E-state index < -0.39 is 0 Å². The predicted molar refractivity (Wildman–Crippen MR) is 99.7 cm³/mol. The van der Waals surface area contributed by atoms with E-state index >= 15 is 0 Å². The Balaban J connectivity index is 1.98. The average Bonchev–Trinajstić information content (AvgIpc) is 2.71. The van der Waals surface area contributed by atoms with Gasteiger partial charge in [0.15, 0.2) is 11.5 Å². The number of benzene rings is 1.